The first-order chi connectivity index (χ1) is 9.56. The fourth-order valence-corrected chi connectivity index (χ4v) is 3.97. The average Bonchev–Trinajstić information content (AvgIpc) is 2.84. The first kappa shape index (κ1) is 13.8. The predicted octanol–water partition coefficient (Wildman–Crippen LogP) is 2.92. The van der Waals surface area contributed by atoms with Crippen molar-refractivity contribution in [2.24, 2.45) is 17.6 Å². The fourth-order valence-electron chi connectivity index (χ4n) is 3.62. The van der Waals surface area contributed by atoms with Gasteiger partial charge in [0.05, 0.1) is 4.92 Å². The Bertz CT molecular complexity index is 537. The zero-order valence-electron chi connectivity index (χ0n) is 11.2. The van der Waals surface area contributed by atoms with Gasteiger partial charge in [-0.2, -0.15) is 0 Å². The van der Waals surface area contributed by atoms with Gasteiger partial charge in [-0.25, -0.2) is 0 Å². The minimum absolute atomic E-state index is 0.173. The van der Waals surface area contributed by atoms with E-state index in [2.05, 4.69) is 20.8 Å². The van der Waals surface area contributed by atoms with E-state index in [-0.39, 0.29) is 16.7 Å². The third kappa shape index (κ3) is 2.42. The molecule has 0 spiro atoms. The molecule has 0 radical (unpaired) electrons. The van der Waals surface area contributed by atoms with Crippen LogP contribution >= 0.6 is 15.9 Å². The summed E-state index contributed by atoms with van der Waals surface area (Å²) in [5.74, 6) is 1.06. The minimum Gasteiger partial charge on any atom is -0.365 e. The van der Waals surface area contributed by atoms with Gasteiger partial charge in [0.2, 0.25) is 0 Å². The van der Waals surface area contributed by atoms with Crippen molar-refractivity contribution in [3.63, 3.8) is 0 Å². The molecular formula is C14H18BrN3O2. The molecular weight excluding hydrogens is 322 g/mol. The Morgan fingerprint density at radius 2 is 2.15 bits per heavy atom. The third-order valence-electron chi connectivity index (χ3n) is 4.63. The molecule has 6 heteroatoms. The van der Waals surface area contributed by atoms with Crippen LogP contribution < -0.4 is 10.6 Å². The highest BCUT2D eigenvalue weighted by Crippen LogP contribution is 2.40. The molecule has 1 aromatic rings. The third-order valence-corrected chi connectivity index (χ3v) is 5.12. The van der Waals surface area contributed by atoms with Crippen molar-refractivity contribution in [3.8, 4) is 0 Å². The largest absolute Gasteiger partial charge is 0.365 e. The molecule has 1 saturated carbocycles. The highest BCUT2D eigenvalue weighted by atomic mass is 79.9. The van der Waals surface area contributed by atoms with E-state index in [1.165, 1.54) is 12.8 Å². The van der Waals surface area contributed by atoms with E-state index in [0.717, 1.165) is 29.7 Å². The van der Waals surface area contributed by atoms with Crippen LogP contribution in [0.5, 0.6) is 0 Å². The molecule has 3 rings (SSSR count). The number of benzene rings is 1. The first-order valence-corrected chi connectivity index (χ1v) is 7.80. The molecule has 0 aromatic heterocycles. The Morgan fingerprint density at radius 3 is 2.85 bits per heavy atom. The van der Waals surface area contributed by atoms with Crippen molar-refractivity contribution >= 4 is 27.3 Å². The number of nitro benzene ring substituents is 1. The van der Waals surface area contributed by atoms with Gasteiger partial charge >= 0.3 is 0 Å². The lowest BCUT2D eigenvalue weighted by Gasteiger charge is -2.29. The van der Waals surface area contributed by atoms with Gasteiger partial charge in [-0.3, -0.25) is 10.1 Å². The number of fused-ring (bicyclic) bond motifs is 1. The second-order valence-electron chi connectivity index (χ2n) is 5.81. The lowest BCUT2D eigenvalue weighted by Crippen LogP contribution is -2.38. The van der Waals surface area contributed by atoms with Crippen LogP contribution in [-0.2, 0) is 0 Å². The van der Waals surface area contributed by atoms with Gasteiger partial charge in [-0.05, 0) is 36.8 Å². The number of nitrogens with two attached hydrogens (primary N) is 1. The number of hydrogen-bond donors (Lipinski definition) is 1. The second kappa shape index (κ2) is 5.33. The van der Waals surface area contributed by atoms with Gasteiger partial charge in [0.1, 0.15) is 5.69 Å². The van der Waals surface area contributed by atoms with E-state index >= 15 is 0 Å². The molecule has 2 fully saturated rings. The van der Waals surface area contributed by atoms with E-state index in [1.54, 1.807) is 6.07 Å². The van der Waals surface area contributed by atoms with Gasteiger partial charge in [-0.1, -0.05) is 22.4 Å². The molecule has 1 aromatic carbocycles. The lowest BCUT2D eigenvalue weighted by atomic mass is 9.78. The van der Waals surface area contributed by atoms with Crippen LogP contribution in [0.2, 0.25) is 0 Å². The first-order valence-electron chi connectivity index (χ1n) is 7.00. The smallest absolute Gasteiger partial charge is 0.293 e. The van der Waals surface area contributed by atoms with Crippen molar-refractivity contribution < 1.29 is 4.92 Å². The van der Waals surface area contributed by atoms with Gasteiger partial charge in [0, 0.05) is 29.7 Å². The van der Waals surface area contributed by atoms with Crippen LogP contribution in [0.1, 0.15) is 19.3 Å². The summed E-state index contributed by atoms with van der Waals surface area (Å²) in [6, 6.07) is 5.53. The summed E-state index contributed by atoms with van der Waals surface area (Å²) in [5, 5.41) is 11.2. The Kier molecular flexibility index (Phi) is 3.69. The predicted molar refractivity (Wildman–Crippen MR) is 81.8 cm³/mol. The zero-order chi connectivity index (χ0) is 14.3. The standard InChI is InChI=1S/C14H18BrN3O2/c15-10-4-5-13(14(6-10)18(19)20)17-7-9-2-1-3-12(16)11(9)8-17/h4-6,9,11-12H,1-3,7-8,16H2. The van der Waals surface area contributed by atoms with Crippen LogP contribution in [0.15, 0.2) is 22.7 Å². The van der Waals surface area contributed by atoms with Crippen molar-refractivity contribution in [3.05, 3.63) is 32.8 Å². The number of halogens is 1. The number of anilines is 1. The molecule has 0 bridgehead atoms. The molecule has 5 nitrogen and oxygen atoms in total. The van der Waals surface area contributed by atoms with Crippen molar-refractivity contribution in [2.45, 2.75) is 25.3 Å². The highest BCUT2D eigenvalue weighted by molar-refractivity contribution is 9.10. The maximum atomic E-state index is 11.2. The zero-order valence-corrected chi connectivity index (χ0v) is 12.8. The number of nitrogens with zero attached hydrogens (tertiary/aromatic N) is 2. The SMILES string of the molecule is NC1CCCC2CN(c3ccc(Br)cc3[N+](=O)[O-])CC12. The maximum Gasteiger partial charge on any atom is 0.293 e. The molecule has 0 amide bonds. The molecule has 3 atom stereocenters. The molecule has 2 N–H and O–H groups in total. The Balaban J connectivity index is 1.89. The minimum atomic E-state index is -0.304. The van der Waals surface area contributed by atoms with Gasteiger partial charge in [0.25, 0.3) is 5.69 Å². The highest BCUT2D eigenvalue weighted by Gasteiger charge is 2.40. The summed E-state index contributed by atoms with van der Waals surface area (Å²) in [5.41, 5.74) is 7.11. The Morgan fingerprint density at radius 1 is 1.35 bits per heavy atom. The van der Waals surface area contributed by atoms with Gasteiger partial charge in [0.15, 0.2) is 0 Å². The van der Waals surface area contributed by atoms with Crippen LogP contribution in [0.25, 0.3) is 0 Å². The Labute approximate surface area is 126 Å². The summed E-state index contributed by atoms with van der Waals surface area (Å²) < 4.78 is 0.737. The Hall–Kier alpha value is -1.14. The molecule has 1 heterocycles. The van der Waals surface area contributed by atoms with E-state index in [9.17, 15) is 10.1 Å². The lowest BCUT2D eigenvalue weighted by molar-refractivity contribution is -0.384. The number of nitro groups is 1. The van der Waals surface area contributed by atoms with Gasteiger partial charge in [-0.15, -0.1) is 0 Å². The number of rotatable bonds is 2. The summed E-state index contributed by atoms with van der Waals surface area (Å²) in [6.45, 7) is 1.73. The van der Waals surface area contributed by atoms with Crippen molar-refractivity contribution in [1.29, 1.82) is 0 Å². The van der Waals surface area contributed by atoms with Crippen molar-refractivity contribution in [1.82, 2.24) is 0 Å². The summed E-state index contributed by atoms with van der Waals surface area (Å²) in [7, 11) is 0. The normalized spacial score (nSPS) is 29.3. The monoisotopic (exact) mass is 339 g/mol. The quantitative estimate of drug-likeness (QED) is 0.664. The van der Waals surface area contributed by atoms with E-state index in [4.69, 9.17) is 5.73 Å². The van der Waals surface area contributed by atoms with E-state index in [1.807, 2.05) is 12.1 Å². The molecule has 3 unspecified atom stereocenters. The van der Waals surface area contributed by atoms with E-state index in [0.29, 0.717) is 11.8 Å². The molecule has 108 valence electrons. The second-order valence-corrected chi connectivity index (χ2v) is 6.73. The topological polar surface area (TPSA) is 72.4 Å². The summed E-state index contributed by atoms with van der Waals surface area (Å²) >= 11 is 3.30. The van der Waals surface area contributed by atoms with Crippen LogP contribution in [-0.4, -0.2) is 24.1 Å². The van der Waals surface area contributed by atoms with Crippen LogP contribution in [0, 0.1) is 22.0 Å². The number of hydrogen-bond acceptors (Lipinski definition) is 4. The summed E-state index contributed by atoms with van der Waals surface area (Å²) in [4.78, 5) is 13.1. The molecule has 1 saturated heterocycles. The summed E-state index contributed by atoms with van der Waals surface area (Å²) in [6.07, 6.45) is 3.45. The fraction of sp³-hybridized carbons (Fsp3) is 0.571. The molecule has 20 heavy (non-hydrogen) atoms. The van der Waals surface area contributed by atoms with Gasteiger partial charge < -0.3 is 10.6 Å². The molecule has 1 aliphatic carbocycles. The van der Waals surface area contributed by atoms with E-state index < -0.39 is 0 Å². The molecule has 2 aliphatic rings. The van der Waals surface area contributed by atoms with Crippen molar-refractivity contribution in [2.75, 3.05) is 18.0 Å². The maximum absolute atomic E-state index is 11.2. The average molecular weight is 340 g/mol. The van der Waals surface area contributed by atoms with Crippen LogP contribution in [0.3, 0.4) is 0 Å². The molecule has 1 aliphatic heterocycles. The van der Waals surface area contributed by atoms with Crippen LogP contribution in [0.4, 0.5) is 11.4 Å².